The van der Waals surface area contributed by atoms with Crippen LogP contribution in [0.4, 0.5) is 0 Å². The third-order valence-electron chi connectivity index (χ3n) is 3.75. The van der Waals surface area contributed by atoms with Crippen LogP contribution in [-0.4, -0.2) is 105 Å². The van der Waals surface area contributed by atoms with Crippen LogP contribution in [0.2, 0.25) is 0 Å². The van der Waals surface area contributed by atoms with Gasteiger partial charge in [0.1, 0.15) is 30.2 Å². The van der Waals surface area contributed by atoms with Crippen LogP contribution in [0, 0.1) is 0 Å². The van der Waals surface area contributed by atoms with Crippen molar-refractivity contribution in [3.8, 4) is 0 Å². The highest BCUT2D eigenvalue weighted by Crippen LogP contribution is 2.21. The molecule has 0 fully saturated rings. The molecule has 13 heteroatoms. The Bertz CT molecular complexity index is 760. The SMILES string of the molecule is O=C(O)C(O)C(O)C(=O)O.OCC(O)C(O)C(O)C(O)c1nc2ccccc2[nH]1. The van der Waals surface area contributed by atoms with E-state index >= 15 is 0 Å². The molecule has 0 radical (unpaired) electrons. The number of nitrogens with one attached hydrogen (secondary N) is 1. The monoisotopic (exact) mass is 418 g/mol. The van der Waals surface area contributed by atoms with Crippen molar-refractivity contribution in [2.24, 2.45) is 0 Å². The van der Waals surface area contributed by atoms with E-state index in [0.29, 0.717) is 11.0 Å². The number of carboxylic acid groups (broad SMARTS) is 2. The minimum absolute atomic E-state index is 0.0814. The molecule has 6 atom stereocenters. The molecule has 2 aromatic rings. The van der Waals surface area contributed by atoms with Crippen LogP contribution >= 0.6 is 0 Å². The number of imidazole rings is 1. The predicted molar refractivity (Wildman–Crippen MR) is 93.4 cm³/mol. The molecule has 0 amide bonds. The van der Waals surface area contributed by atoms with Gasteiger partial charge < -0.3 is 50.9 Å². The molecule has 1 heterocycles. The minimum Gasteiger partial charge on any atom is -0.479 e. The van der Waals surface area contributed by atoms with Gasteiger partial charge in [0.15, 0.2) is 12.2 Å². The van der Waals surface area contributed by atoms with Crippen molar-refractivity contribution in [3.05, 3.63) is 30.1 Å². The Morgan fingerprint density at radius 1 is 0.897 bits per heavy atom. The topological polar surface area (TPSA) is 245 Å². The van der Waals surface area contributed by atoms with Crippen molar-refractivity contribution in [2.45, 2.75) is 36.6 Å². The fourth-order valence-electron chi connectivity index (χ4n) is 2.07. The molecule has 0 spiro atoms. The van der Waals surface area contributed by atoms with Crippen molar-refractivity contribution >= 4 is 23.0 Å². The zero-order valence-corrected chi connectivity index (χ0v) is 14.8. The fourth-order valence-corrected chi connectivity index (χ4v) is 2.07. The van der Waals surface area contributed by atoms with E-state index in [0.717, 1.165) is 0 Å². The van der Waals surface area contributed by atoms with Gasteiger partial charge in [-0.05, 0) is 12.1 Å². The summed E-state index contributed by atoms with van der Waals surface area (Å²) in [6, 6.07) is 7.05. The summed E-state index contributed by atoms with van der Waals surface area (Å²) in [6.07, 6.45) is -10.9. The number of fused-ring (bicyclic) bond motifs is 1. The lowest BCUT2D eigenvalue weighted by atomic mass is 10.0. The highest BCUT2D eigenvalue weighted by atomic mass is 16.4. The van der Waals surface area contributed by atoms with Gasteiger partial charge in [0, 0.05) is 0 Å². The van der Waals surface area contributed by atoms with Crippen molar-refractivity contribution in [2.75, 3.05) is 6.61 Å². The first kappa shape index (κ1) is 24.4. The number of hydrogen-bond acceptors (Lipinski definition) is 10. The number of carboxylic acids is 2. The normalized spacial score (nSPS) is 17.3. The molecule has 0 aliphatic rings. The van der Waals surface area contributed by atoms with E-state index in [9.17, 15) is 30.0 Å². The van der Waals surface area contributed by atoms with Crippen molar-refractivity contribution in [1.82, 2.24) is 9.97 Å². The van der Waals surface area contributed by atoms with E-state index in [1.807, 2.05) is 0 Å². The maximum Gasteiger partial charge on any atom is 0.335 e. The Labute approximate surface area is 162 Å². The van der Waals surface area contributed by atoms with E-state index in [1.165, 1.54) is 0 Å². The molecule has 1 aromatic carbocycles. The molecular formula is C16H22N2O11. The number of aliphatic carboxylic acids is 2. The number of H-pyrrole nitrogens is 1. The zero-order valence-electron chi connectivity index (χ0n) is 14.8. The number of carbonyl (C=O) groups is 2. The van der Waals surface area contributed by atoms with E-state index in [-0.39, 0.29) is 5.82 Å². The molecule has 10 N–H and O–H groups in total. The Balaban J connectivity index is 0.000000359. The first-order valence-corrected chi connectivity index (χ1v) is 8.10. The van der Waals surface area contributed by atoms with E-state index in [2.05, 4.69) is 9.97 Å². The number of aliphatic hydroxyl groups is 7. The van der Waals surface area contributed by atoms with Crippen LogP contribution in [0.15, 0.2) is 24.3 Å². The first-order valence-electron chi connectivity index (χ1n) is 8.10. The highest BCUT2D eigenvalue weighted by Gasteiger charge is 2.32. The Morgan fingerprint density at radius 3 is 1.86 bits per heavy atom. The summed E-state index contributed by atoms with van der Waals surface area (Å²) in [6.45, 7) is -0.717. The van der Waals surface area contributed by atoms with Gasteiger partial charge in [-0.2, -0.15) is 0 Å². The average Bonchev–Trinajstić information content (AvgIpc) is 3.14. The van der Waals surface area contributed by atoms with Crippen LogP contribution in [0.25, 0.3) is 11.0 Å². The number of hydrogen-bond donors (Lipinski definition) is 10. The molecule has 29 heavy (non-hydrogen) atoms. The Kier molecular flexibility index (Phi) is 9.06. The number of rotatable bonds is 8. The number of aromatic nitrogens is 2. The van der Waals surface area contributed by atoms with Gasteiger partial charge in [-0.15, -0.1) is 0 Å². The van der Waals surface area contributed by atoms with Gasteiger partial charge in [-0.1, -0.05) is 12.1 Å². The molecule has 1 aromatic heterocycles. The third kappa shape index (κ3) is 6.43. The van der Waals surface area contributed by atoms with Gasteiger partial charge in [0.2, 0.25) is 0 Å². The lowest BCUT2D eigenvalue weighted by Crippen LogP contribution is -2.42. The summed E-state index contributed by atoms with van der Waals surface area (Å²) in [5, 5.41) is 79.6. The zero-order chi connectivity index (χ0) is 22.3. The number of benzene rings is 1. The van der Waals surface area contributed by atoms with Gasteiger partial charge in [0.25, 0.3) is 0 Å². The molecule has 162 valence electrons. The second-order valence-electron chi connectivity index (χ2n) is 5.88. The van der Waals surface area contributed by atoms with Gasteiger partial charge in [-0.25, -0.2) is 14.6 Å². The maximum absolute atomic E-state index is 9.91. The van der Waals surface area contributed by atoms with E-state index in [1.54, 1.807) is 24.3 Å². The Morgan fingerprint density at radius 2 is 1.41 bits per heavy atom. The van der Waals surface area contributed by atoms with Gasteiger partial charge in [-0.3, -0.25) is 0 Å². The highest BCUT2D eigenvalue weighted by molar-refractivity contribution is 5.83. The largest absolute Gasteiger partial charge is 0.479 e. The maximum atomic E-state index is 9.91. The standard InChI is InChI=1S/C12H16N2O5.C4H6O6/c15-5-8(16)9(17)10(18)11(19)12-13-6-3-1-2-4-7(6)14-12;5-1(3(7)8)2(6)4(9)10/h1-4,8-11,15-19H,5H2,(H,13,14);1-2,5-6H,(H,7,8)(H,9,10). The molecule has 0 bridgehead atoms. The molecular weight excluding hydrogens is 396 g/mol. The second kappa shape index (κ2) is 10.8. The summed E-state index contributed by atoms with van der Waals surface area (Å²) in [5.41, 5.74) is 1.29. The predicted octanol–water partition coefficient (Wildman–Crippen LogP) is -3.45. The third-order valence-corrected chi connectivity index (χ3v) is 3.75. The molecule has 0 saturated carbocycles. The quantitative estimate of drug-likeness (QED) is 0.201. The van der Waals surface area contributed by atoms with Crippen LogP contribution in [0.3, 0.4) is 0 Å². The second-order valence-corrected chi connectivity index (χ2v) is 5.88. The lowest BCUT2D eigenvalue weighted by molar-refractivity contribution is -0.165. The minimum atomic E-state index is -2.27. The summed E-state index contributed by atoms with van der Waals surface area (Å²) in [5.74, 6) is -3.46. The summed E-state index contributed by atoms with van der Waals surface area (Å²) in [7, 11) is 0. The van der Waals surface area contributed by atoms with Gasteiger partial charge in [0.05, 0.1) is 17.6 Å². The molecule has 0 saturated heterocycles. The van der Waals surface area contributed by atoms with Gasteiger partial charge >= 0.3 is 11.9 Å². The first-order chi connectivity index (χ1) is 13.5. The van der Waals surface area contributed by atoms with Crippen LogP contribution in [0.1, 0.15) is 11.9 Å². The van der Waals surface area contributed by atoms with Crippen LogP contribution in [0.5, 0.6) is 0 Å². The smallest absolute Gasteiger partial charge is 0.335 e. The molecule has 0 aliphatic carbocycles. The summed E-state index contributed by atoms with van der Waals surface area (Å²) in [4.78, 5) is 26.4. The van der Waals surface area contributed by atoms with Crippen LogP contribution < -0.4 is 0 Å². The Hall–Kier alpha value is -2.65. The molecule has 13 nitrogen and oxygen atoms in total. The average molecular weight is 418 g/mol. The number of aliphatic hydroxyl groups excluding tert-OH is 7. The van der Waals surface area contributed by atoms with Crippen molar-refractivity contribution in [3.63, 3.8) is 0 Å². The summed E-state index contributed by atoms with van der Waals surface area (Å²) >= 11 is 0. The van der Waals surface area contributed by atoms with Crippen LogP contribution in [-0.2, 0) is 9.59 Å². The molecule has 0 aliphatic heterocycles. The number of para-hydroxylation sites is 2. The van der Waals surface area contributed by atoms with Crippen molar-refractivity contribution < 1.29 is 55.5 Å². The molecule has 6 unspecified atom stereocenters. The summed E-state index contributed by atoms with van der Waals surface area (Å²) < 4.78 is 0. The number of nitrogens with zero attached hydrogens (tertiary/aromatic N) is 1. The number of aromatic amines is 1. The lowest BCUT2D eigenvalue weighted by Gasteiger charge is -2.24. The van der Waals surface area contributed by atoms with E-state index < -0.39 is 55.2 Å². The fraction of sp³-hybridized carbons (Fsp3) is 0.438. The molecule has 2 rings (SSSR count). The van der Waals surface area contributed by atoms with E-state index in [4.69, 9.17) is 25.5 Å². The van der Waals surface area contributed by atoms with Crippen molar-refractivity contribution in [1.29, 1.82) is 0 Å².